The van der Waals surface area contributed by atoms with E-state index in [1.807, 2.05) is 6.92 Å². The summed E-state index contributed by atoms with van der Waals surface area (Å²) in [5.41, 5.74) is 0. The molecule has 0 amide bonds. The molecule has 2 aromatic rings. The minimum atomic E-state index is 0.523. The molecule has 0 spiro atoms. The Morgan fingerprint density at radius 2 is 2.10 bits per heavy atom. The maximum atomic E-state index is 4.42. The molecule has 0 unspecified atom stereocenters. The molecule has 2 aromatic heterocycles. The third-order valence-electron chi connectivity index (χ3n) is 3.81. The zero-order valence-corrected chi connectivity index (χ0v) is 13.3. The Morgan fingerprint density at radius 1 is 1.29 bits per heavy atom. The average molecular weight is 307 g/mol. The van der Waals surface area contributed by atoms with Gasteiger partial charge in [0, 0.05) is 19.4 Å². The molecule has 0 bridgehead atoms. The van der Waals surface area contributed by atoms with Crippen molar-refractivity contribution in [3.05, 3.63) is 17.5 Å². The van der Waals surface area contributed by atoms with E-state index in [0.717, 1.165) is 60.7 Å². The second kappa shape index (κ2) is 6.57. The monoisotopic (exact) mass is 307 g/mol. The molecule has 1 aliphatic rings. The van der Waals surface area contributed by atoms with E-state index in [2.05, 4.69) is 42.3 Å². The van der Waals surface area contributed by atoms with Crippen LogP contribution in [0.15, 0.2) is 5.16 Å². The van der Waals surface area contributed by atoms with E-state index < -0.39 is 0 Å². The predicted molar refractivity (Wildman–Crippen MR) is 81.2 cm³/mol. The molecule has 1 aliphatic heterocycles. The highest BCUT2D eigenvalue weighted by Gasteiger charge is 2.21. The molecule has 1 saturated heterocycles. The van der Waals surface area contributed by atoms with Gasteiger partial charge < -0.3 is 9.88 Å². The quantitative estimate of drug-likeness (QED) is 0.809. The maximum Gasteiger partial charge on any atom is 0.191 e. The van der Waals surface area contributed by atoms with Gasteiger partial charge in [-0.1, -0.05) is 18.7 Å². The van der Waals surface area contributed by atoms with Gasteiger partial charge in [0.2, 0.25) is 0 Å². The molecule has 114 valence electrons. The first-order chi connectivity index (χ1) is 10.3. The van der Waals surface area contributed by atoms with Crippen molar-refractivity contribution in [2.24, 2.45) is 7.05 Å². The van der Waals surface area contributed by atoms with E-state index in [1.165, 1.54) is 0 Å². The SMILES string of the molecule is CCc1n[nH]c(CSc2nnc(C3CCNCC3)n2C)n1. The Morgan fingerprint density at radius 3 is 2.81 bits per heavy atom. The number of nitrogens with zero attached hydrogens (tertiary/aromatic N) is 5. The maximum absolute atomic E-state index is 4.42. The Balaban J connectivity index is 1.64. The van der Waals surface area contributed by atoms with Crippen LogP contribution in [0.5, 0.6) is 0 Å². The van der Waals surface area contributed by atoms with Crippen molar-refractivity contribution >= 4 is 11.8 Å². The van der Waals surface area contributed by atoms with Crippen LogP contribution >= 0.6 is 11.8 Å². The third kappa shape index (κ3) is 3.26. The number of hydrogen-bond acceptors (Lipinski definition) is 6. The zero-order chi connectivity index (χ0) is 14.7. The number of aromatic amines is 1. The first kappa shape index (κ1) is 14.5. The summed E-state index contributed by atoms with van der Waals surface area (Å²) in [6.45, 7) is 4.18. The highest BCUT2D eigenvalue weighted by atomic mass is 32.2. The number of H-pyrrole nitrogens is 1. The molecule has 2 N–H and O–H groups in total. The lowest BCUT2D eigenvalue weighted by Gasteiger charge is -2.21. The largest absolute Gasteiger partial charge is 0.317 e. The molecule has 8 heteroatoms. The van der Waals surface area contributed by atoms with Gasteiger partial charge in [-0.25, -0.2) is 4.98 Å². The third-order valence-corrected chi connectivity index (χ3v) is 4.84. The van der Waals surface area contributed by atoms with Gasteiger partial charge in [0.05, 0.1) is 5.75 Å². The van der Waals surface area contributed by atoms with Crippen molar-refractivity contribution in [2.75, 3.05) is 13.1 Å². The minimum Gasteiger partial charge on any atom is -0.317 e. The number of nitrogens with one attached hydrogen (secondary N) is 2. The van der Waals surface area contributed by atoms with Crippen molar-refractivity contribution in [1.82, 2.24) is 35.3 Å². The van der Waals surface area contributed by atoms with E-state index in [-0.39, 0.29) is 0 Å². The van der Waals surface area contributed by atoms with E-state index in [1.54, 1.807) is 11.8 Å². The standard InChI is InChI=1S/C13H21N7S/c1-3-10-15-11(17-16-10)8-21-13-19-18-12(20(13)2)9-4-6-14-7-5-9/h9,14H,3-8H2,1-2H3,(H,15,16,17). The Kier molecular flexibility index (Phi) is 4.54. The fourth-order valence-electron chi connectivity index (χ4n) is 2.58. The fraction of sp³-hybridized carbons (Fsp3) is 0.692. The van der Waals surface area contributed by atoms with Gasteiger partial charge in [-0.2, -0.15) is 5.10 Å². The minimum absolute atomic E-state index is 0.523. The summed E-state index contributed by atoms with van der Waals surface area (Å²) in [5.74, 6) is 4.12. The molecule has 3 heterocycles. The predicted octanol–water partition coefficient (Wildman–Crippen LogP) is 1.25. The highest BCUT2D eigenvalue weighted by Crippen LogP contribution is 2.27. The molecular weight excluding hydrogens is 286 g/mol. The molecule has 0 aliphatic carbocycles. The van der Waals surface area contributed by atoms with Gasteiger partial charge in [0.25, 0.3) is 0 Å². The lowest BCUT2D eigenvalue weighted by atomic mass is 9.97. The molecule has 0 atom stereocenters. The molecule has 3 rings (SSSR count). The summed E-state index contributed by atoms with van der Waals surface area (Å²) >= 11 is 1.65. The Bertz CT molecular complexity index is 585. The van der Waals surface area contributed by atoms with E-state index in [4.69, 9.17) is 0 Å². The van der Waals surface area contributed by atoms with Crippen molar-refractivity contribution in [3.8, 4) is 0 Å². The van der Waals surface area contributed by atoms with Crippen LogP contribution in [0.3, 0.4) is 0 Å². The molecular formula is C13H21N7S. The van der Waals surface area contributed by atoms with E-state index in [0.29, 0.717) is 5.92 Å². The molecule has 0 saturated carbocycles. The van der Waals surface area contributed by atoms with Crippen LogP contribution in [0.25, 0.3) is 0 Å². The van der Waals surface area contributed by atoms with Crippen molar-refractivity contribution in [1.29, 1.82) is 0 Å². The topological polar surface area (TPSA) is 84.3 Å². The van der Waals surface area contributed by atoms with Crippen LogP contribution in [0.4, 0.5) is 0 Å². The zero-order valence-electron chi connectivity index (χ0n) is 12.5. The van der Waals surface area contributed by atoms with Crippen molar-refractivity contribution in [3.63, 3.8) is 0 Å². The number of rotatable bonds is 5. The fourth-order valence-corrected chi connectivity index (χ4v) is 3.36. The van der Waals surface area contributed by atoms with Gasteiger partial charge in [0.1, 0.15) is 17.5 Å². The summed E-state index contributed by atoms with van der Waals surface area (Å²) < 4.78 is 2.12. The van der Waals surface area contributed by atoms with E-state index in [9.17, 15) is 0 Å². The molecule has 21 heavy (non-hydrogen) atoms. The Labute approximate surface area is 128 Å². The average Bonchev–Trinajstić information content (AvgIpc) is 3.13. The summed E-state index contributed by atoms with van der Waals surface area (Å²) in [6, 6.07) is 0. The molecule has 7 nitrogen and oxygen atoms in total. The summed E-state index contributed by atoms with van der Waals surface area (Å²) in [5, 5.41) is 20.2. The van der Waals surface area contributed by atoms with Gasteiger partial charge in [-0.3, -0.25) is 5.10 Å². The van der Waals surface area contributed by atoms with Crippen LogP contribution in [-0.2, 0) is 19.2 Å². The van der Waals surface area contributed by atoms with Crippen LogP contribution in [-0.4, -0.2) is 43.0 Å². The molecule has 1 fully saturated rings. The van der Waals surface area contributed by atoms with Gasteiger partial charge >= 0.3 is 0 Å². The first-order valence-corrected chi connectivity index (χ1v) is 8.39. The van der Waals surface area contributed by atoms with Crippen LogP contribution in [0.1, 0.15) is 43.2 Å². The lowest BCUT2D eigenvalue weighted by Crippen LogP contribution is -2.27. The van der Waals surface area contributed by atoms with E-state index >= 15 is 0 Å². The van der Waals surface area contributed by atoms with Crippen molar-refractivity contribution < 1.29 is 0 Å². The van der Waals surface area contributed by atoms with Crippen LogP contribution in [0, 0.1) is 0 Å². The number of thioether (sulfide) groups is 1. The Hall–Kier alpha value is -1.41. The highest BCUT2D eigenvalue weighted by molar-refractivity contribution is 7.98. The van der Waals surface area contributed by atoms with Crippen LogP contribution < -0.4 is 5.32 Å². The molecule has 0 radical (unpaired) electrons. The summed E-state index contributed by atoms with van der Waals surface area (Å²) in [4.78, 5) is 4.42. The molecule has 0 aromatic carbocycles. The number of aromatic nitrogens is 6. The second-order valence-electron chi connectivity index (χ2n) is 5.26. The normalized spacial score (nSPS) is 16.5. The van der Waals surface area contributed by atoms with Crippen molar-refractivity contribution in [2.45, 2.75) is 43.0 Å². The van der Waals surface area contributed by atoms with Gasteiger partial charge in [-0.05, 0) is 25.9 Å². The van der Waals surface area contributed by atoms with Crippen LogP contribution in [0.2, 0.25) is 0 Å². The number of aryl methyl sites for hydroxylation is 1. The van der Waals surface area contributed by atoms with Gasteiger partial charge in [-0.15, -0.1) is 10.2 Å². The summed E-state index contributed by atoms with van der Waals surface area (Å²) in [7, 11) is 2.05. The number of piperidine rings is 1. The van der Waals surface area contributed by atoms with Gasteiger partial charge in [0.15, 0.2) is 5.16 Å². The number of hydrogen-bond donors (Lipinski definition) is 2. The first-order valence-electron chi connectivity index (χ1n) is 7.41. The second-order valence-corrected chi connectivity index (χ2v) is 6.21. The summed E-state index contributed by atoms with van der Waals surface area (Å²) in [6.07, 6.45) is 3.13. The lowest BCUT2D eigenvalue weighted by molar-refractivity contribution is 0.434. The smallest absolute Gasteiger partial charge is 0.191 e.